The van der Waals surface area contributed by atoms with Gasteiger partial charge in [0.2, 0.25) is 5.91 Å². The molecule has 0 spiro atoms. The van der Waals surface area contributed by atoms with Gasteiger partial charge in [-0.1, -0.05) is 6.08 Å². The van der Waals surface area contributed by atoms with E-state index >= 15 is 0 Å². The van der Waals surface area contributed by atoms with Crippen molar-refractivity contribution in [2.24, 2.45) is 0 Å². The van der Waals surface area contributed by atoms with Crippen LogP contribution in [0.2, 0.25) is 0 Å². The number of rotatable bonds is 5. The van der Waals surface area contributed by atoms with E-state index in [0.717, 1.165) is 8.28 Å². The largest absolute Gasteiger partial charge is 0.353 e. The number of carbonyl (C=O) groups excluding carboxylic acids is 1. The second-order valence-electron chi connectivity index (χ2n) is 3.76. The fraction of sp³-hybridized carbons (Fsp3) is 0.400. The van der Waals surface area contributed by atoms with Gasteiger partial charge in [-0.25, -0.2) is 8.96 Å². The Balaban J connectivity index is 2.73. The van der Waals surface area contributed by atoms with E-state index in [-0.39, 0.29) is 5.91 Å². The summed E-state index contributed by atoms with van der Waals surface area (Å²) in [5, 5.41) is 2.58. The molecule has 0 aliphatic carbocycles. The van der Waals surface area contributed by atoms with Crippen molar-refractivity contribution in [1.82, 2.24) is 18.6 Å². The Morgan fingerprint density at radius 1 is 1.56 bits per heavy atom. The predicted molar refractivity (Wildman–Crippen MR) is 67.9 cm³/mol. The fourth-order valence-corrected chi connectivity index (χ4v) is 1.89. The molecule has 1 aromatic rings. The van der Waals surface area contributed by atoms with E-state index in [9.17, 15) is 13.2 Å². The maximum atomic E-state index is 11.7. The molecule has 0 saturated heterocycles. The summed E-state index contributed by atoms with van der Waals surface area (Å²) >= 11 is 0. The zero-order valence-corrected chi connectivity index (χ0v) is 11.3. The number of aromatic nitrogens is 2. The van der Waals surface area contributed by atoms with Gasteiger partial charge in [0.05, 0.1) is 5.69 Å². The second-order valence-corrected chi connectivity index (χ2v) is 5.81. The third-order valence-corrected chi connectivity index (χ3v) is 3.72. The molecule has 0 radical (unpaired) electrons. The number of carbonyl (C=O) groups is 1. The average Bonchev–Trinajstić information content (AvgIpc) is 2.73. The molecular formula is C10H16N4O3S. The number of hydrogen-bond acceptors (Lipinski definition) is 4. The van der Waals surface area contributed by atoms with Crippen LogP contribution in [0.15, 0.2) is 18.6 Å². The van der Waals surface area contributed by atoms with Crippen molar-refractivity contribution in [3.8, 4) is 0 Å². The summed E-state index contributed by atoms with van der Waals surface area (Å²) in [4.78, 5) is 14.6. The average molecular weight is 272 g/mol. The number of imidazole rings is 1. The first-order chi connectivity index (χ1) is 8.34. The van der Waals surface area contributed by atoms with E-state index in [0.29, 0.717) is 12.2 Å². The topological polar surface area (TPSA) is 84.3 Å². The van der Waals surface area contributed by atoms with E-state index < -0.39 is 10.2 Å². The van der Waals surface area contributed by atoms with Crippen molar-refractivity contribution in [1.29, 1.82) is 0 Å². The molecule has 0 atom stereocenters. The molecular weight excluding hydrogens is 256 g/mol. The van der Waals surface area contributed by atoms with Crippen LogP contribution >= 0.6 is 0 Å². The first-order valence-corrected chi connectivity index (χ1v) is 6.61. The Bertz CT molecular complexity index is 545. The van der Waals surface area contributed by atoms with Crippen LogP contribution in [-0.2, 0) is 15.0 Å². The quantitative estimate of drug-likeness (QED) is 0.796. The summed E-state index contributed by atoms with van der Waals surface area (Å²) < 4.78 is 25.6. The van der Waals surface area contributed by atoms with Crippen LogP contribution in [0.4, 0.5) is 0 Å². The van der Waals surface area contributed by atoms with Crippen molar-refractivity contribution in [3.63, 3.8) is 0 Å². The highest BCUT2D eigenvalue weighted by molar-refractivity contribution is 7.87. The Morgan fingerprint density at radius 2 is 2.22 bits per heavy atom. The zero-order chi connectivity index (χ0) is 13.8. The molecule has 0 fully saturated rings. The van der Waals surface area contributed by atoms with Gasteiger partial charge >= 0.3 is 10.2 Å². The molecule has 1 heterocycles. The lowest BCUT2D eigenvalue weighted by Gasteiger charge is -2.10. The molecule has 1 aromatic heterocycles. The Hall–Kier alpha value is -1.67. The normalized spacial score (nSPS) is 12.2. The van der Waals surface area contributed by atoms with Gasteiger partial charge in [-0.2, -0.15) is 12.7 Å². The first kappa shape index (κ1) is 14.4. The third-order valence-electron chi connectivity index (χ3n) is 2.07. The monoisotopic (exact) mass is 272 g/mol. The van der Waals surface area contributed by atoms with Gasteiger partial charge in [0.1, 0.15) is 6.33 Å². The van der Waals surface area contributed by atoms with Gasteiger partial charge in [-0.05, 0) is 6.08 Å². The maximum absolute atomic E-state index is 11.7. The van der Waals surface area contributed by atoms with Gasteiger partial charge in [0.15, 0.2) is 0 Å². The minimum absolute atomic E-state index is 0.125. The number of nitrogens with zero attached hydrogens (tertiary/aromatic N) is 3. The molecule has 0 aliphatic heterocycles. The van der Waals surface area contributed by atoms with Crippen LogP contribution in [0, 0.1) is 0 Å². The number of nitrogens with one attached hydrogen (secondary N) is 1. The molecule has 0 aliphatic rings. The van der Waals surface area contributed by atoms with Crippen molar-refractivity contribution < 1.29 is 13.2 Å². The summed E-state index contributed by atoms with van der Waals surface area (Å²) in [7, 11) is -0.624. The van der Waals surface area contributed by atoms with Crippen LogP contribution in [0.1, 0.15) is 12.6 Å². The molecule has 1 N–H and O–H groups in total. The fourth-order valence-electron chi connectivity index (χ4n) is 1.10. The van der Waals surface area contributed by atoms with Gasteiger partial charge in [-0.3, -0.25) is 4.79 Å². The minimum atomic E-state index is -3.52. The number of amides is 1. The number of hydrogen-bond donors (Lipinski definition) is 1. The van der Waals surface area contributed by atoms with Gasteiger partial charge < -0.3 is 5.32 Å². The van der Waals surface area contributed by atoms with Crippen molar-refractivity contribution >= 4 is 22.2 Å². The smallest absolute Gasteiger partial charge is 0.308 e. The molecule has 0 aromatic carbocycles. The van der Waals surface area contributed by atoms with E-state index in [1.165, 1.54) is 33.5 Å². The molecule has 0 saturated carbocycles. The third kappa shape index (κ3) is 3.67. The lowest BCUT2D eigenvalue weighted by Crippen LogP contribution is -2.27. The molecule has 7 nitrogen and oxygen atoms in total. The molecule has 0 bridgehead atoms. The van der Waals surface area contributed by atoms with Gasteiger partial charge in [0, 0.05) is 33.8 Å². The first-order valence-electron chi connectivity index (χ1n) is 5.22. The zero-order valence-electron chi connectivity index (χ0n) is 10.5. The predicted octanol–water partition coefficient (Wildman–Crippen LogP) is -0.313. The Morgan fingerprint density at radius 3 is 2.78 bits per heavy atom. The summed E-state index contributed by atoms with van der Waals surface area (Å²) in [6.45, 7) is 1.80. The molecule has 100 valence electrons. The molecule has 18 heavy (non-hydrogen) atoms. The van der Waals surface area contributed by atoms with Crippen LogP contribution in [0.25, 0.3) is 6.08 Å². The Labute approximate surface area is 106 Å². The second kappa shape index (κ2) is 5.78. The lowest BCUT2D eigenvalue weighted by molar-refractivity contribution is -0.118. The summed E-state index contributed by atoms with van der Waals surface area (Å²) in [6, 6.07) is 0. The van der Waals surface area contributed by atoms with Gasteiger partial charge in [-0.15, -0.1) is 0 Å². The Kier molecular flexibility index (Phi) is 4.62. The maximum Gasteiger partial charge on any atom is 0.308 e. The van der Waals surface area contributed by atoms with E-state index in [2.05, 4.69) is 10.3 Å². The van der Waals surface area contributed by atoms with Crippen molar-refractivity contribution in [3.05, 3.63) is 24.3 Å². The van der Waals surface area contributed by atoms with E-state index in [4.69, 9.17) is 0 Å². The lowest BCUT2D eigenvalue weighted by atomic mass is 10.4. The summed E-state index contributed by atoms with van der Waals surface area (Å²) in [5.41, 5.74) is 0.505. The highest BCUT2D eigenvalue weighted by Gasteiger charge is 2.15. The highest BCUT2D eigenvalue weighted by atomic mass is 32.2. The van der Waals surface area contributed by atoms with Crippen LogP contribution in [0.5, 0.6) is 0 Å². The van der Waals surface area contributed by atoms with Crippen molar-refractivity contribution in [2.75, 3.05) is 20.6 Å². The van der Waals surface area contributed by atoms with E-state index in [1.54, 1.807) is 12.2 Å². The van der Waals surface area contributed by atoms with E-state index in [1.807, 2.05) is 0 Å². The summed E-state index contributed by atoms with van der Waals surface area (Å²) in [5.74, 6) is -0.125. The van der Waals surface area contributed by atoms with Crippen LogP contribution < -0.4 is 5.32 Å². The highest BCUT2D eigenvalue weighted by Crippen LogP contribution is 2.04. The van der Waals surface area contributed by atoms with Crippen LogP contribution in [-0.4, -0.2) is 48.2 Å². The summed E-state index contributed by atoms with van der Waals surface area (Å²) in [6.07, 6.45) is 5.96. The molecule has 1 amide bonds. The SMILES string of the molecule is CC(=O)NC/C=C/c1cn(S(=O)(=O)N(C)C)cn1. The minimum Gasteiger partial charge on any atom is -0.353 e. The van der Waals surface area contributed by atoms with Crippen LogP contribution in [0.3, 0.4) is 0 Å². The van der Waals surface area contributed by atoms with Gasteiger partial charge in [0.25, 0.3) is 0 Å². The molecule has 1 rings (SSSR count). The van der Waals surface area contributed by atoms with Crippen molar-refractivity contribution in [2.45, 2.75) is 6.92 Å². The standard InChI is InChI=1S/C10H16N4O3S/c1-9(15)11-6-4-5-10-7-14(8-12-10)18(16,17)13(2)3/h4-5,7-8H,6H2,1-3H3,(H,11,15)/b5-4+. The molecule has 0 unspecified atom stereocenters. The molecule has 8 heteroatoms.